The van der Waals surface area contributed by atoms with Gasteiger partial charge in [0, 0.05) is 19.6 Å². The molecule has 2 atom stereocenters. The van der Waals surface area contributed by atoms with Gasteiger partial charge in [-0.1, -0.05) is 11.6 Å². The van der Waals surface area contributed by atoms with E-state index in [1.165, 1.54) is 0 Å². The number of halogens is 1. The minimum absolute atomic E-state index is 0.126. The Morgan fingerprint density at radius 3 is 2.94 bits per heavy atom. The summed E-state index contributed by atoms with van der Waals surface area (Å²) < 4.78 is 7.17. The third-order valence-corrected chi connectivity index (χ3v) is 3.64. The van der Waals surface area contributed by atoms with Crippen LogP contribution in [0.4, 0.5) is 0 Å². The highest BCUT2D eigenvalue weighted by molar-refractivity contribution is 6.31. The van der Waals surface area contributed by atoms with Crippen molar-refractivity contribution in [3.63, 3.8) is 0 Å². The van der Waals surface area contributed by atoms with E-state index in [1.807, 2.05) is 14.0 Å². The molecule has 1 fully saturated rings. The predicted molar refractivity (Wildman–Crippen MR) is 61.6 cm³/mol. The molecular weight excluding hydrogens is 228 g/mol. The second-order valence-corrected chi connectivity index (χ2v) is 4.74. The highest BCUT2D eigenvalue weighted by Gasteiger charge is 2.26. The first kappa shape index (κ1) is 11.9. The Kier molecular flexibility index (Phi) is 3.52. The fourth-order valence-electron chi connectivity index (χ4n) is 2.13. The normalized spacial score (nSPS) is 26.0. The lowest BCUT2D eigenvalue weighted by Crippen LogP contribution is -2.33. The van der Waals surface area contributed by atoms with Crippen LogP contribution in [0.3, 0.4) is 0 Å². The zero-order valence-electron chi connectivity index (χ0n) is 9.61. The standard InChI is InChI=1S/C11H17ClN2O2/c1-7-11(12)9(14(2)13-7)5-8-6-16-4-3-10(8)15/h8,10,15H,3-6H2,1-2H3. The fraction of sp³-hybridized carbons (Fsp3) is 0.727. The number of hydrogen-bond acceptors (Lipinski definition) is 3. The van der Waals surface area contributed by atoms with Crippen molar-refractivity contribution in [2.45, 2.75) is 25.9 Å². The monoisotopic (exact) mass is 244 g/mol. The molecular formula is C11H17ClN2O2. The molecule has 2 unspecified atom stereocenters. The van der Waals surface area contributed by atoms with Crippen LogP contribution in [-0.4, -0.2) is 34.2 Å². The van der Waals surface area contributed by atoms with Gasteiger partial charge in [-0.15, -0.1) is 0 Å². The van der Waals surface area contributed by atoms with Gasteiger partial charge in [-0.05, 0) is 19.8 Å². The molecule has 4 nitrogen and oxygen atoms in total. The summed E-state index contributed by atoms with van der Waals surface area (Å²) in [5.74, 6) is 0.126. The third-order valence-electron chi connectivity index (χ3n) is 3.15. The maximum Gasteiger partial charge on any atom is 0.0847 e. The molecule has 0 spiro atoms. The average molecular weight is 245 g/mol. The van der Waals surface area contributed by atoms with Crippen LogP contribution in [0.2, 0.25) is 5.02 Å². The zero-order valence-corrected chi connectivity index (χ0v) is 10.4. The molecule has 1 aromatic heterocycles. The predicted octanol–water partition coefficient (Wildman–Crippen LogP) is 1.32. The molecule has 90 valence electrons. The highest BCUT2D eigenvalue weighted by atomic mass is 35.5. The summed E-state index contributed by atoms with van der Waals surface area (Å²) in [5, 5.41) is 14.8. The van der Waals surface area contributed by atoms with E-state index in [9.17, 15) is 5.11 Å². The molecule has 5 heteroatoms. The summed E-state index contributed by atoms with van der Waals surface area (Å²) in [4.78, 5) is 0. The van der Waals surface area contributed by atoms with Crippen LogP contribution < -0.4 is 0 Å². The van der Waals surface area contributed by atoms with Crippen molar-refractivity contribution in [2.75, 3.05) is 13.2 Å². The number of aromatic nitrogens is 2. The minimum atomic E-state index is -0.292. The first-order valence-corrected chi connectivity index (χ1v) is 5.91. The first-order chi connectivity index (χ1) is 7.59. The van der Waals surface area contributed by atoms with Crippen molar-refractivity contribution in [2.24, 2.45) is 13.0 Å². The van der Waals surface area contributed by atoms with Gasteiger partial charge < -0.3 is 9.84 Å². The molecule has 1 N–H and O–H groups in total. The van der Waals surface area contributed by atoms with Crippen molar-refractivity contribution >= 4 is 11.6 Å². The van der Waals surface area contributed by atoms with Crippen molar-refractivity contribution in [3.8, 4) is 0 Å². The number of aryl methyl sites for hydroxylation is 2. The van der Waals surface area contributed by atoms with Crippen molar-refractivity contribution < 1.29 is 9.84 Å². The van der Waals surface area contributed by atoms with Crippen LogP contribution >= 0.6 is 11.6 Å². The second kappa shape index (κ2) is 4.73. The largest absolute Gasteiger partial charge is 0.393 e. The number of hydrogen-bond donors (Lipinski definition) is 1. The molecule has 2 heterocycles. The fourth-order valence-corrected chi connectivity index (χ4v) is 2.37. The van der Waals surface area contributed by atoms with Gasteiger partial charge in [0.2, 0.25) is 0 Å². The molecule has 0 saturated carbocycles. The SMILES string of the molecule is Cc1nn(C)c(CC2COCCC2O)c1Cl. The Morgan fingerprint density at radius 1 is 1.62 bits per heavy atom. The van der Waals surface area contributed by atoms with Gasteiger partial charge in [-0.2, -0.15) is 5.10 Å². The number of aliphatic hydroxyl groups excluding tert-OH is 1. The van der Waals surface area contributed by atoms with Gasteiger partial charge >= 0.3 is 0 Å². The summed E-state index contributed by atoms with van der Waals surface area (Å²) in [6.07, 6.45) is 1.14. The van der Waals surface area contributed by atoms with Crippen LogP contribution in [-0.2, 0) is 18.2 Å². The Labute approximate surface area is 100 Å². The van der Waals surface area contributed by atoms with E-state index >= 15 is 0 Å². The van der Waals surface area contributed by atoms with Gasteiger partial charge in [0.1, 0.15) is 0 Å². The first-order valence-electron chi connectivity index (χ1n) is 5.53. The zero-order chi connectivity index (χ0) is 11.7. The molecule has 0 radical (unpaired) electrons. The molecule has 0 aromatic carbocycles. The van der Waals surface area contributed by atoms with Crippen LogP contribution in [0, 0.1) is 12.8 Å². The molecule has 16 heavy (non-hydrogen) atoms. The molecule has 1 aliphatic rings. The molecule has 2 rings (SSSR count). The molecule has 1 aliphatic heterocycles. The van der Waals surface area contributed by atoms with Crippen molar-refractivity contribution in [1.82, 2.24) is 9.78 Å². The highest BCUT2D eigenvalue weighted by Crippen LogP contribution is 2.25. The van der Waals surface area contributed by atoms with E-state index in [-0.39, 0.29) is 12.0 Å². The van der Waals surface area contributed by atoms with E-state index in [4.69, 9.17) is 16.3 Å². The van der Waals surface area contributed by atoms with E-state index in [0.29, 0.717) is 24.7 Å². The number of aliphatic hydroxyl groups is 1. The van der Waals surface area contributed by atoms with E-state index in [1.54, 1.807) is 4.68 Å². The smallest absolute Gasteiger partial charge is 0.0847 e. The Bertz CT molecular complexity index is 378. The average Bonchev–Trinajstić information content (AvgIpc) is 2.48. The summed E-state index contributed by atoms with van der Waals surface area (Å²) in [7, 11) is 1.88. The van der Waals surface area contributed by atoms with Crippen LogP contribution in [0.15, 0.2) is 0 Å². The summed E-state index contributed by atoms with van der Waals surface area (Å²) in [6, 6.07) is 0. The molecule has 1 saturated heterocycles. The maximum atomic E-state index is 9.87. The van der Waals surface area contributed by atoms with Gasteiger partial charge in [0.25, 0.3) is 0 Å². The summed E-state index contributed by atoms with van der Waals surface area (Å²) in [6.45, 7) is 3.14. The second-order valence-electron chi connectivity index (χ2n) is 4.36. The van der Waals surface area contributed by atoms with Crippen LogP contribution in [0.25, 0.3) is 0 Å². The van der Waals surface area contributed by atoms with Crippen LogP contribution in [0.5, 0.6) is 0 Å². The maximum absolute atomic E-state index is 9.87. The Balaban J connectivity index is 2.13. The number of rotatable bonds is 2. The van der Waals surface area contributed by atoms with E-state index in [0.717, 1.165) is 17.8 Å². The molecule has 0 amide bonds. The number of ether oxygens (including phenoxy) is 1. The van der Waals surface area contributed by atoms with Crippen LogP contribution in [0.1, 0.15) is 17.8 Å². The lowest BCUT2D eigenvalue weighted by Gasteiger charge is -2.27. The number of nitrogens with zero attached hydrogens (tertiary/aromatic N) is 2. The quantitative estimate of drug-likeness (QED) is 0.854. The van der Waals surface area contributed by atoms with Gasteiger partial charge in [0.15, 0.2) is 0 Å². The Morgan fingerprint density at radius 2 is 2.38 bits per heavy atom. The molecule has 0 aliphatic carbocycles. The molecule has 1 aromatic rings. The van der Waals surface area contributed by atoms with Gasteiger partial charge in [-0.25, -0.2) is 0 Å². The lowest BCUT2D eigenvalue weighted by atomic mass is 9.93. The van der Waals surface area contributed by atoms with Crippen molar-refractivity contribution in [3.05, 3.63) is 16.4 Å². The van der Waals surface area contributed by atoms with Crippen molar-refractivity contribution in [1.29, 1.82) is 0 Å². The summed E-state index contributed by atoms with van der Waals surface area (Å²) >= 11 is 6.18. The minimum Gasteiger partial charge on any atom is -0.393 e. The lowest BCUT2D eigenvalue weighted by molar-refractivity contribution is -0.0356. The van der Waals surface area contributed by atoms with E-state index in [2.05, 4.69) is 5.10 Å². The molecule has 0 bridgehead atoms. The topological polar surface area (TPSA) is 47.3 Å². The van der Waals surface area contributed by atoms with E-state index < -0.39 is 0 Å². The third kappa shape index (κ3) is 2.24. The summed E-state index contributed by atoms with van der Waals surface area (Å²) in [5.41, 5.74) is 1.82. The van der Waals surface area contributed by atoms with Gasteiger partial charge in [0.05, 0.1) is 29.1 Å². The van der Waals surface area contributed by atoms with Gasteiger partial charge in [-0.3, -0.25) is 4.68 Å². The Hall–Kier alpha value is -0.580.